The molecule has 1 aromatic rings. The number of amides is 1. The Balaban J connectivity index is 2.62. The van der Waals surface area contributed by atoms with Crippen molar-refractivity contribution in [1.82, 2.24) is 14.5 Å². The predicted octanol–water partition coefficient (Wildman–Crippen LogP) is 0.757. The molecule has 1 N–H and O–H groups in total. The van der Waals surface area contributed by atoms with Gasteiger partial charge in [0.1, 0.15) is 0 Å². The first-order valence-corrected chi connectivity index (χ1v) is 5.60. The molecule has 90 valence electrons. The van der Waals surface area contributed by atoms with E-state index >= 15 is 0 Å². The second kappa shape index (κ2) is 5.53. The highest BCUT2D eigenvalue weighted by Crippen LogP contribution is 1.99. The molecule has 1 amide bonds. The normalized spacial score (nSPS) is 10.8. The van der Waals surface area contributed by atoms with Crippen molar-refractivity contribution in [3.63, 3.8) is 0 Å². The maximum Gasteiger partial charge on any atom is 0.328 e. The molecular weight excluding hydrogens is 206 g/mol. The molecule has 0 aliphatic heterocycles. The van der Waals surface area contributed by atoms with Gasteiger partial charge < -0.3 is 5.32 Å². The van der Waals surface area contributed by atoms with E-state index in [0.29, 0.717) is 19.5 Å². The Morgan fingerprint density at radius 2 is 2.12 bits per heavy atom. The fourth-order valence-electron chi connectivity index (χ4n) is 1.50. The molecule has 0 unspecified atom stereocenters. The molecule has 0 spiro atoms. The van der Waals surface area contributed by atoms with E-state index < -0.39 is 0 Å². The molecule has 0 atom stereocenters. The van der Waals surface area contributed by atoms with E-state index in [9.17, 15) is 9.59 Å². The second-order valence-electron chi connectivity index (χ2n) is 3.98. The van der Waals surface area contributed by atoms with Crippen LogP contribution in [0.3, 0.4) is 0 Å². The van der Waals surface area contributed by atoms with Gasteiger partial charge in [-0.3, -0.25) is 13.9 Å². The molecule has 1 aromatic heterocycles. The summed E-state index contributed by atoms with van der Waals surface area (Å²) in [6.07, 6.45) is 3.82. The summed E-state index contributed by atoms with van der Waals surface area (Å²) >= 11 is 0. The lowest BCUT2D eigenvalue weighted by Crippen LogP contribution is -2.28. The van der Waals surface area contributed by atoms with Crippen molar-refractivity contribution in [2.24, 2.45) is 0 Å². The third-order valence-corrected chi connectivity index (χ3v) is 2.38. The van der Waals surface area contributed by atoms with E-state index in [2.05, 4.69) is 5.32 Å². The van der Waals surface area contributed by atoms with Gasteiger partial charge in [-0.1, -0.05) is 0 Å². The van der Waals surface area contributed by atoms with Gasteiger partial charge in [-0.05, 0) is 20.8 Å². The van der Waals surface area contributed by atoms with Crippen LogP contribution in [0, 0.1) is 0 Å². The summed E-state index contributed by atoms with van der Waals surface area (Å²) in [5.74, 6) is -0.0216. The largest absolute Gasteiger partial charge is 0.356 e. The van der Waals surface area contributed by atoms with E-state index in [1.807, 2.05) is 20.8 Å². The number of carbonyl (C=O) groups is 1. The lowest BCUT2D eigenvalue weighted by molar-refractivity contribution is -0.121. The Bertz CT molecular complexity index is 404. The molecule has 0 saturated heterocycles. The van der Waals surface area contributed by atoms with Crippen LogP contribution in [0.2, 0.25) is 0 Å². The molecule has 5 heteroatoms. The molecular formula is C11H19N3O2. The average Bonchev–Trinajstić information content (AvgIpc) is 2.57. The zero-order valence-electron chi connectivity index (χ0n) is 10.1. The zero-order chi connectivity index (χ0) is 12.1. The van der Waals surface area contributed by atoms with Crippen LogP contribution >= 0.6 is 0 Å². The fourth-order valence-corrected chi connectivity index (χ4v) is 1.50. The molecule has 0 radical (unpaired) electrons. The van der Waals surface area contributed by atoms with Gasteiger partial charge in [-0.15, -0.1) is 0 Å². The van der Waals surface area contributed by atoms with Crippen LogP contribution in [0.25, 0.3) is 0 Å². The zero-order valence-corrected chi connectivity index (χ0v) is 10.1. The second-order valence-corrected chi connectivity index (χ2v) is 3.98. The number of aryl methyl sites for hydroxylation is 1. The van der Waals surface area contributed by atoms with E-state index in [4.69, 9.17) is 0 Å². The Hall–Kier alpha value is -1.52. The maximum atomic E-state index is 11.8. The number of carbonyl (C=O) groups excluding carboxylic acids is 1. The number of nitrogens with one attached hydrogen (secondary N) is 1. The standard InChI is InChI=1S/C11H19N3O2/c1-4-12-10(15)5-6-13-7-8-14(9(2)3)11(13)16/h7-9H,4-6H2,1-3H3,(H,12,15). The topological polar surface area (TPSA) is 56.0 Å². The molecule has 5 nitrogen and oxygen atoms in total. The van der Waals surface area contributed by atoms with Crippen molar-refractivity contribution in [1.29, 1.82) is 0 Å². The van der Waals surface area contributed by atoms with Gasteiger partial charge >= 0.3 is 5.69 Å². The van der Waals surface area contributed by atoms with Gasteiger partial charge in [0, 0.05) is 37.9 Å². The summed E-state index contributed by atoms with van der Waals surface area (Å²) in [6.45, 7) is 6.84. The lowest BCUT2D eigenvalue weighted by Gasteiger charge is -2.05. The molecule has 0 saturated carbocycles. The van der Waals surface area contributed by atoms with Crippen molar-refractivity contribution in [2.75, 3.05) is 6.54 Å². The van der Waals surface area contributed by atoms with E-state index in [-0.39, 0.29) is 17.6 Å². The smallest absolute Gasteiger partial charge is 0.328 e. The number of imidazole rings is 1. The summed E-state index contributed by atoms with van der Waals surface area (Å²) in [7, 11) is 0. The van der Waals surface area contributed by atoms with Gasteiger partial charge in [0.05, 0.1) is 0 Å². The highest BCUT2D eigenvalue weighted by Gasteiger charge is 2.07. The average molecular weight is 225 g/mol. The van der Waals surface area contributed by atoms with Crippen LogP contribution in [-0.4, -0.2) is 21.6 Å². The lowest BCUT2D eigenvalue weighted by atomic mass is 10.4. The fraction of sp³-hybridized carbons (Fsp3) is 0.636. The van der Waals surface area contributed by atoms with Crippen LogP contribution in [0.5, 0.6) is 0 Å². The molecule has 1 rings (SSSR count). The molecule has 0 bridgehead atoms. The monoisotopic (exact) mass is 225 g/mol. The number of aromatic nitrogens is 2. The summed E-state index contributed by atoms with van der Waals surface area (Å²) in [4.78, 5) is 23.0. The maximum absolute atomic E-state index is 11.8. The van der Waals surface area contributed by atoms with E-state index in [1.54, 1.807) is 21.5 Å². The number of hydrogen-bond acceptors (Lipinski definition) is 2. The first-order valence-electron chi connectivity index (χ1n) is 5.60. The van der Waals surface area contributed by atoms with Crippen LogP contribution in [0.4, 0.5) is 0 Å². The van der Waals surface area contributed by atoms with Gasteiger partial charge in [0.25, 0.3) is 0 Å². The predicted molar refractivity (Wildman–Crippen MR) is 62.4 cm³/mol. The van der Waals surface area contributed by atoms with Gasteiger partial charge in [-0.25, -0.2) is 4.79 Å². The van der Waals surface area contributed by atoms with E-state index in [1.165, 1.54) is 0 Å². The highest BCUT2D eigenvalue weighted by atomic mass is 16.2. The summed E-state index contributed by atoms with van der Waals surface area (Å²) in [5, 5.41) is 2.70. The van der Waals surface area contributed by atoms with Crippen LogP contribution in [-0.2, 0) is 11.3 Å². The molecule has 16 heavy (non-hydrogen) atoms. The number of rotatable bonds is 5. The summed E-state index contributed by atoms with van der Waals surface area (Å²) in [6, 6.07) is 0.151. The first-order chi connectivity index (χ1) is 7.56. The van der Waals surface area contributed by atoms with Crippen molar-refractivity contribution < 1.29 is 4.79 Å². The van der Waals surface area contributed by atoms with Crippen molar-refractivity contribution in [2.45, 2.75) is 39.8 Å². The minimum atomic E-state index is -0.0562. The van der Waals surface area contributed by atoms with Crippen LogP contribution in [0.15, 0.2) is 17.2 Å². The molecule has 0 fully saturated rings. The Kier molecular flexibility index (Phi) is 4.34. The third-order valence-electron chi connectivity index (χ3n) is 2.38. The highest BCUT2D eigenvalue weighted by molar-refractivity contribution is 5.75. The summed E-state index contributed by atoms with van der Waals surface area (Å²) < 4.78 is 3.22. The quantitative estimate of drug-likeness (QED) is 0.804. The Morgan fingerprint density at radius 3 is 2.62 bits per heavy atom. The van der Waals surface area contributed by atoms with Crippen molar-refractivity contribution >= 4 is 5.91 Å². The van der Waals surface area contributed by atoms with Crippen LogP contribution < -0.4 is 11.0 Å². The number of hydrogen-bond donors (Lipinski definition) is 1. The minimum Gasteiger partial charge on any atom is -0.356 e. The summed E-state index contributed by atoms with van der Waals surface area (Å²) in [5.41, 5.74) is -0.0562. The number of nitrogens with zero attached hydrogens (tertiary/aromatic N) is 2. The Morgan fingerprint density at radius 1 is 1.44 bits per heavy atom. The third kappa shape index (κ3) is 2.98. The molecule has 0 aliphatic rings. The van der Waals surface area contributed by atoms with Gasteiger partial charge in [0.2, 0.25) is 5.91 Å². The van der Waals surface area contributed by atoms with E-state index in [0.717, 1.165) is 0 Å². The SMILES string of the molecule is CCNC(=O)CCn1ccn(C(C)C)c1=O. The molecule has 1 heterocycles. The van der Waals surface area contributed by atoms with Crippen LogP contribution in [0.1, 0.15) is 33.2 Å². The molecule has 0 aliphatic carbocycles. The van der Waals surface area contributed by atoms with Gasteiger partial charge in [0.15, 0.2) is 0 Å². The first kappa shape index (κ1) is 12.5. The van der Waals surface area contributed by atoms with Crippen molar-refractivity contribution in [3.8, 4) is 0 Å². The molecule has 0 aromatic carbocycles. The van der Waals surface area contributed by atoms with Crippen molar-refractivity contribution in [3.05, 3.63) is 22.9 Å². The van der Waals surface area contributed by atoms with Gasteiger partial charge in [-0.2, -0.15) is 0 Å². The minimum absolute atomic E-state index is 0.0216. The Labute approximate surface area is 95.1 Å².